The number of rotatable bonds is 4. The molecule has 1 heterocycles. The lowest BCUT2D eigenvalue weighted by molar-refractivity contribution is -0.162. The molecule has 1 saturated heterocycles. The first kappa shape index (κ1) is 18.0. The highest BCUT2D eigenvalue weighted by molar-refractivity contribution is 5.85. The van der Waals surface area contributed by atoms with Gasteiger partial charge in [-0.15, -0.1) is 12.4 Å². The number of hydrogen-bond acceptors (Lipinski definition) is 3. The molecule has 0 spiro atoms. The van der Waals surface area contributed by atoms with E-state index < -0.39 is 24.5 Å². The Morgan fingerprint density at radius 1 is 1.11 bits per heavy atom. The van der Waals surface area contributed by atoms with Gasteiger partial charge < -0.3 is 10.0 Å². The summed E-state index contributed by atoms with van der Waals surface area (Å²) >= 11 is 0. The van der Waals surface area contributed by atoms with Crippen LogP contribution in [0.25, 0.3) is 0 Å². The zero-order valence-electron chi connectivity index (χ0n) is 10.2. The van der Waals surface area contributed by atoms with E-state index in [1.165, 1.54) is 4.90 Å². The predicted molar refractivity (Wildman–Crippen MR) is 63.2 cm³/mol. The minimum absolute atomic E-state index is 0. The number of hydrogen-bond donors (Lipinski definition) is 1. The molecular formula is C10H16ClF3N2O3. The molecule has 0 bridgehead atoms. The molecule has 19 heavy (non-hydrogen) atoms. The average Bonchev–Trinajstić information content (AvgIpc) is 2.24. The summed E-state index contributed by atoms with van der Waals surface area (Å²) in [7, 11) is 0. The molecule has 0 radical (unpaired) electrons. The van der Waals surface area contributed by atoms with E-state index in [1.54, 1.807) is 0 Å². The normalized spacial score (nSPS) is 16.9. The van der Waals surface area contributed by atoms with E-state index in [9.17, 15) is 22.8 Å². The highest BCUT2D eigenvalue weighted by Gasteiger charge is 2.34. The summed E-state index contributed by atoms with van der Waals surface area (Å²) in [5, 5.41) is 8.50. The third kappa shape index (κ3) is 7.22. The van der Waals surface area contributed by atoms with Crippen LogP contribution < -0.4 is 0 Å². The quantitative estimate of drug-likeness (QED) is 0.841. The topological polar surface area (TPSA) is 60.9 Å². The second-order valence-corrected chi connectivity index (χ2v) is 4.16. The van der Waals surface area contributed by atoms with Crippen LogP contribution in [0.1, 0.15) is 12.8 Å². The van der Waals surface area contributed by atoms with Crippen molar-refractivity contribution in [2.75, 3.05) is 32.7 Å². The van der Waals surface area contributed by atoms with Crippen molar-refractivity contribution in [2.24, 2.45) is 0 Å². The molecule has 0 atom stereocenters. The predicted octanol–water partition coefficient (Wildman–Crippen LogP) is 0.980. The van der Waals surface area contributed by atoms with Crippen LogP contribution in [0.5, 0.6) is 0 Å². The standard InChI is InChI=1S/C10H15F3N2O3.ClH/c11-10(12,13)7-8(16)15-5-3-14(4-6-15)2-1-9(17)18;/h1-7H2,(H,17,18);1H. The van der Waals surface area contributed by atoms with Gasteiger partial charge in [-0.2, -0.15) is 13.2 Å². The summed E-state index contributed by atoms with van der Waals surface area (Å²) < 4.78 is 36.1. The summed E-state index contributed by atoms with van der Waals surface area (Å²) in [6.07, 6.45) is -5.91. The first-order valence-electron chi connectivity index (χ1n) is 5.56. The second kappa shape index (κ2) is 7.54. The summed E-state index contributed by atoms with van der Waals surface area (Å²) in [5.41, 5.74) is 0. The van der Waals surface area contributed by atoms with E-state index in [-0.39, 0.29) is 31.9 Å². The van der Waals surface area contributed by atoms with Gasteiger partial charge >= 0.3 is 12.1 Å². The summed E-state index contributed by atoms with van der Waals surface area (Å²) in [6, 6.07) is 0. The third-order valence-electron chi connectivity index (χ3n) is 2.72. The number of carbonyl (C=O) groups is 2. The van der Waals surface area contributed by atoms with Gasteiger partial charge in [-0.3, -0.25) is 14.5 Å². The van der Waals surface area contributed by atoms with E-state index in [2.05, 4.69) is 0 Å². The molecule has 0 unspecified atom stereocenters. The molecule has 1 rings (SSSR count). The third-order valence-corrected chi connectivity index (χ3v) is 2.72. The number of halogens is 4. The Bertz CT molecular complexity index is 318. The van der Waals surface area contributed by atoms with Crippen molar-refractivity contribution in [3.8, 4) is 0 Å². The summed E-state index contributed by atoms with van der Waals surface area (Å²) in [5.74, 6) is -1.83. The van der Waals surface area contributed by atoms with Gasteiger partial charge in [-0.1, -0.05) is 0 Å². The van der Waals surface area contributed by atoms with Gasteiger partial charge in [0.15, 0.2) is 0 Å². The smallest absolute Gasteiger partial charge is 0.397 e. The summed E-state index contributed by atoms with van der Waals surface area (Å²) in [4.78, 5) is 24.6. The molecule has 1 N–H and O–H groups in total. The van der Waals surface area contributed by atoms with Gasteiger partial charge in [0.1, 0.15) is 6.42 Å². The maximum Gasteiger partial charge on any atom is 0.397 e. The molecule has 5 nitrogen and oxygen atoms in total. The molecule has 1 aliphatic heterocycles. The van der Waals surface area contributed by atoms with Crippen LogP contribution >= 0.6 is 12.4 Å². The fourth-order valence-electron chi connectivity index (χ4n) is 1.76. The second-order valence-electron chi connectivity index (χ2n) is 4.16. The van der Waals surface area contributed by atoms with Gasteiger partial charge in [-0.05, 0) is 0 Å². The van der Waals surface area contributed by atoms with Crippen molar-refractivity contribution >= 4 is 24.3 Å². The zero-order valence-corrected chi connectivity index (χ0v) is 11.0. The molecule has 1 fully saturated rings. The Kier molecular flexibility index (Phi) is 7.14. The number of aliphatic carboxylic acids is 1. The van der Waals surface area contributed by atoms with Crippen molar-refractivity contribution in [2.45, 2.75) is 19.0 Å². The maximum absolute atomic E-state index is 12.0. The highest BCUT2D eigenvalue weighted by atomic mass is 35.5. The van der Waals surface area contributed by atoms with E-state index in [4.69, 9.17) is 5.11 Å². The van der Waals surface area contributed by atoms with Gasteiger partial charge in [0.05, 0.1) is 6.42 Å². The van der Waals surface area contributed by atoms with Crippen LogP contribution in [-0.4, -0.2) is 65.7 Å². The first-order valence-corrected chi connectivity index (χ1v) is 5.56. The van der Waals surface area contributed by atoms with Crippen molar-refractivity contribution < 1.29 is 27.9 Å². The van der Waals surface area contributed by atoms with E-state index in [0.29, 0.717) is 19.6 Å². The molecule has 0 aromatic carbocycles. The van der Waals surface area contributed by atoms with E-state index >= 15 is 0 Å². The number of carboxylic acids is 1. The fourth-order valence-corrected chi connectivity index (χ4v) is 1.76. The van der Waals surface area contributed by atoms with E-state index in [0.717, 1.165) is 0 Å². The molecule has 112 valence electrons. The minimum atomic E-state index is -4.47. The van der Waals surface area contributed by atoms with Crippen LogP contribution in [0.4, 0.5) is 13.2 Å². The maximum atomic E-state index is 12.0. The number of piperazine rings is 1. The lowest BCUT2D eigenvalue weighted by atomic mass is 10.2. The molecule has 0 aliphatic carbocycles. The van der Waals surface area contributed by atoms with Crippen molar-refractivity contribution in [3.05, 3.63) is 0 Å². The van der Waals surface area contributed by atoms with Crippen LogP contribution in [0.3, 0.4) is 0 Å². The Morgan fingerprint density at radius 3 is 2.05 bits per heavy atom. The Balaban J connectivity index is 0.00000324. The summed E-state index contributed by atoms with van der Waals surface area (Å²) in [6.45, 7) is 1.62. The van der Waals surface area contributed by atoms with Crippen LogP contribution in [0, 0.1) is 0 Å². The Morgan fingerprint density at radius 2 is 1.63 bits per heavy atom. The fraction of sp³-hybridized carbons (Fsp3) is 0.800. The lowest BCUT2D eigenvalue weighted by Gasteiger charge is -2.34. The molecule has 0 saturated carbocycles. The van der Waals surface area contributed by atoms with Gasteiger partial charge in [0, 0.05) is 32.7 Å². The molecular weight excluding hydrogens is 289 g/mol. The Labute approximate surface area is 114 Å². The molecule has 0 aromatic rings. The van der Waals surface area contributed by atoms with E-state index in [1.807, 2.05) is 4.90 Å². The molecule has 1 aliphatic rings. The highest BCUT2D eigenvalue weighted by Crippen LogP contribution is 2.21. The SMILES string of the molecule is Cl.O=C(O)CCN1CCN(C(=O)CC(F)(F)F)CC1. The molecule has 1 amide bonds. The zero-order chi connectivity index (χ0) is 13.8. The van der Waals surface area contributed by atoms with Crippen LogP contribution in [0.2, 0.25) is 0 Å². The minimum Gasteiger partial charge on any atom is -0.481 e. The van der Waals surface area contributed by atoms with Crippen molar-refractivity contribution in [1.29, 1.82) is 0 Å². The largest absolute Gasteiger partial charge is 0.481 e. The number of carbonyl (C=O) groups excluding carboxylic acids is 1. The first-order chi connectivity index (χ1) is 8.28. The van der Waals surface area contributed by atoms with Crippen LogP contribution in [-0.2, 0) is 9.59 Å². The van der Waals surface area contributed by atoms with Gasteiger partial charge in [0.25, 0.3) is 0 Å². The monoisotopic (exact) mass is 304 g/mol. The average molecular weight is 305 g/mol. The lowest BCUT2D eigenvalue weighted by Crippen LogP contribution is -2.49. The van der Waals surface area contributed by atoms with Crippen molar-refractivity contribution in [1.82, 2.24) is 9.80 Å². The number of amides is 1. The van der Waals surface area contributed by atoms with Crippen molar-refractivity contribution in [3.63, 3.8) is 0 Å². The number of carboxylic acid groups (broad SMARTS) is 1. The Hall–Kier alpha value is -1.02. The van der Waals surface area contributed by atoms with Gasteiger partial charge in [-0.25, -0.2) is 0 Å². The van der Waals surface area contributed by atoms with Gasteiger partial charge in [0.2, 0.25) is 5.91 Å². The number of nitrogens with zero attached hydrogens (tertiary/aromatic N) is 2. The molecule has 0 aromatic heterocycles. The van der Waals surface area contributed by atoms with Crippen LogP contribution in [0.15, 0.2) is 0 Å². The number of alkyl halides is 3. The molecule has 9 heteroatoms.